The monoisotopic (exact) mass is 354 g/mol. The van der Waals surface area contributed by atoms with E-state index in [1.54, 1.807) is 6.20 Å². The highest BCUT2D eigenvalue weighted by atomic mass is 32.2. The van der Waals surface area contributed by atoms with E-state index in [1.807, 2.05) is 35.2 Å². The summed E-state index contributed by atoms with van der Waals surface area (Å²) in [7, 11) is -3.95. The third kappa shape index (κ3) is 3.68. The van der Waals surface area contributed by atoms with E-state index in [0.29, 0.717) is 0 Å². The Labute approximate surface area is 144 Å². The Morgan fingerprint density at radius 1 is 1.16 bits per heavy atom. The lowest BCUT2D eigenvalue weighted by Gasteiger charge is -2.08. The van der Waals surface area contributed by atoms with Gasteiger partial charge in [-0.05, 0) is 29.8 Å². The quantitative estimate of drug-likeness (QED) is 0.604. The fourth-order valence-electron chi connectivity index (χ4n) is 2.41. The van der Waals surface area contributed by atoms with E-state index in [4.69, 9.17) is 5.26 Å². The second-order valence-corrected chi connectivity index (χ2v) is 7.01. The van der Waals surface area contributed by atoms with Gasteiger partial charge in [0.15, 0.2) is 0 Å². The van der Waals surface area contributed by atoms with Crippen LogP contribution in [0.4, 0.5) is 0 Å². The molecular weight excluding hydrogens is 340 g/mol. The number of hydrazine groups is 1. The standard InChI is InChI=1S/C17H14N4O3S/c18-10-12-4-3-5-14(8-12)25(23,24)21-20-17(22)9-13-11-19-16-7-2-1-6-15(13)16/h1-8,11,19,21H,9H2,(H,20,22). The summed E-state index contributed by atoms with van der Waals surface area (Å²) in [6.45, 7) is 0. The molecule has 25 heavy (non-hydrogen) atoms. The maximum Gasteiger partial charge on any atom is 0.257 e. The normalized spacial score (nSPS) is 11.2. The number of benzene rings is 2. The molecule has 0 radical (unpaired) electrons. The van der Waals surface area contributed by atoms with E-state index in [9.17, 15) is 13.2 Å². The van der Waals surface area contributed by atoms with E-state index in [0.717, 1.165) is 16.5 Å². The van der Waals surface area contributed by atoms with Crippen molar-refractivity contribution >= 4 is 26.8 Å². The maximum absolute atomic E-state index is 12.2. The average Bonchev–Trinajstić information content (AvgIpc) is 3.03. The molecule has 3 rings (SSSR count). The van der Waals surface area contributed by atoms with Gasteiger partial charge in [-0.1, -0.05) is 24.3 Å². The number of hydrogen-bond donors (Lipinski definition) is 3. The third-order valence-electron chi connectivity index (χ3n) is 3.62. The highest BCUT2D eigenvalue weighted by Gasteiger charge is 2.16. The number of hydrogen-bond acceptors (Lipinski definition) is 4. The summed E-state index contributed by atoms with van der Waals surface area (Å²) in [5, 5.41) is 9.74. The predicted molar refractivity (Wildman–Crippen MR) is 91.6 cm³/mol. The lowest BCUT2D eigenvalue weighted by atomic mass is 10.1. The molecule has 1 amide bonds. The molecule has 0 bridgehead atoms. The molecule has 0 aliphatic heterocycles. The molecule has 1 heterocycles. The zero-order chi connectivity index (χ0) is 17.9. The molecule has 0 atom stereocenters. The smallest absolute Gasteiger partial charge is 0.257 e. The fourth-order valence-corrected chi connectivity index (χ4v) is 3.32. The Kier molecular flexibility index (Phi) is 4.52. The molecular formula is C17H14N4O3S. The first kappa shape index (κ1) is 16.7. The summed E-state index contributed by atoms with van der Waals surface area (Å²) >= 11 is 0. The highest BCUT2D eigenvalue weighted by molar-refractivity contribution is 7.89. The lowest BCUT2D eigenvalue weighted by Crippen LogP contribution is -2.42. The second kappa shape index (κ2) is 6.76. The van der Waals surface area contributed by atoms with Crippen molar-refractivity contribution in [2.45, 2.75) is 11.3 Å². The Hall–Kier alpha value is -3.15. The lowest BCUT2D eigenvalue weighted by molar-refractivity contribution is -0.120. The Morgan fingerprint density at radius 2 is 1.96 bits per heavy atom. The summed E-state index contributed by atoms with van der Waals surface area (Å²) in [5.74, 6) is -0.496. The number of sulfonamides is 1. The Bertz CT molecular complexity index is 1080. The number of carbonyl (C=O) groups is 1. The molecule has 1 aromatic heterocycles. The first-order valence-corrected chi connectivity index (χ1v) is 8.84. The molecule has 7 nitrogen and oxygen atoms in total. The predicted octanol–water partition coefficient (Wildman–Crippen LogP) is 1.59. The van der Waals surface area contributed by atoms with Crippen molar-refractivity contribution in [1.29, 1.82) is 5.26 Å². The number of nitrogens with one attached hydrogen (secondary N) is 3. The van der Waals surface area contributed by atoms with Gasteiger partial charge in [0.05, 0.1) is 22.9 Å². The number of amides is 1. The second-order valence-electron chi connectivity index (χ2n) is 5.33. The van der Waals surface area contributed by atoms with Crippen molar-refractivity contribution < 1.29 is 13.2 Å². The van der Waals surface area contributed by atoms with Crippen molar-refractivity contribution in [3.05, 3.63) is 65.9 Å². The minimum Gasteiger partial charge on any atom is -0.361 e. The number of nitriles is 1. The molecule has 8 heteroatoms. The first-order chi connectivity index (χ1) is 12.0. The number of para-hydroxylation sites is 1. The number of carbonyl (C=O) groups excluding carboxylic acids is 1. The van der Waals surface area contributed by atoms with Crippen LogP contribution < -0.4 is 10.3 Å². The van der Waals surface area contributed by atoms with Gasteiger partial charge in [0.2, 0.25) is 5.91 Å². The van der Waals surface area contributed by atoms with Gasteiger partial charge in [-0.25, -0.2) is 8.42 Å². The molecule has 0 unspecified atom stereocenters. The van der Waals surface area contributed by atoms with Crippen LogP contribution in [0.5, 0.6) is 0 Å². The molecule has 0 aliphatic carbocycles. The summed E-state index contributed by atoms with van der Waals surface area (Å²) in [5.41, 5.74) is 4.07. The minimum absolute atomic E-state index is 0.0186. The van der Waals surface area contributed by atoms with Gasteiger partial charge in [0.1, 0.15) is 0 Å². The van der Waals surface area contributed by atoms with Gasteiger partial charge >= 0.3 is 0 Å². The summed E-state index contributed by atoms with van der Waals surface area (Å²) in [4.78, 5) is 17.0. The summed E-state index contributed by atoms with van der Waals surface area (Å²) in [6.07, 6.45) is 1.74. The molecule has 0 aliphatic rings. The van der Waals surface area contributed by atoms with Crippen LogP contribution in [-0.2, 0) is 21.2 Å². The Balaban J connectivity index is 1.68. The number of aromatic nitrogens is 1. The van der Waals surface area contributed by atoms with Crippen molar-refractivity contribution in [1.82, 2.24) is 15.2 Å². The largest absolute Gasteiger partial charge is 0.361 e. The van der Waals surface area contributed by atoms with Crippen LogP contribution >= 0.6 is 0 Å². The number of aromatic amines is 1. The molecule has 0 fully saturated rings. The Morgan fingerprint density at radius 3 is 2.76 bits per heavy atom. The van der Waals surface area contributed by atoms with Crippen LogP contribution in [0.15, 0.2) is 59.6 Å². The molecule has 126 valence electrons. The van der Waals surface area contributed by atoms with Gasteiger partial charge in [-0.3, -0.25) is 10.2 Å². The van der Waals surface area contributed by atoms with Crippen molar-refractivity contribution in [2.24, 2.45) is 0 Å². The highest BCUT2D eigenvalue weighted by Crippen LogP contribution is 2.18. The van der Waals surface area contributed by atoms with E-state index in [-0.39, 0.29) is 16.9 Å². The number of nitrogens with zero attached hydrogens (tertiary/aromatic N) is 1. The van der Waals surface area contributed by atoms with Gasteiger partial charge in [0, 0.05) is 17.1 Å². The summed E-state index contributed by atoms with van der Waals surface area (Å²) in [6, 6.07) is 14.9. The van der Waals surface area contributed by atoms with Gasteiger partial charge in [-0.15, -0.1) is 4.83 Å². The molecule has 0 saturated heterocycles. The van der Waals surface area contributed by atoms with Crippen LogP contribution in [0, 0.1) is 11.3 Å². The van der Waals surface area contributed by atoms with E-state index in [1.165, 1.54) is 24.3 Å². The van der Waals surface area contributed by atoms with Crippen LogP contribution in [-0.4, -0.2) is 19.3 Å². The number of fused-ring (bicyclic) bond motifs is 1. The molecule has 0 spiro atoms. The third-order valence-corrected chi connectivity index (χ3v) is 4.87. The van der Waals surface area contributed by atoms with Gasteiger partial charge < -0.3 is 4.98 Å². The van der Waals surface area contributed by atoms with Crippen LogP contribution in [0.25, 0.3) is 10.9 Å². The SMILES string of the molecule is N#Cc1cccc(S(=O)(=O)NNC(=O)Cc2c[nH]c3ccccc23)c1. The molecule has 0 saturated carbocycles. The topological polar surface area (TPSA) is 115 Å². The first-order valence-electron chi connectivity index (χ1n) is 7.35. The zero-order valence-corrected chi connectivity index (χ0v) is 13.8. The zero-order valence-electron chi connectivity index (χ0n) is 13.0. The van der Waals surface area contributed by atoms with Crippen molar-refractivity contribution in [2.75, 3.05) is 0 Å². The van der Waals surface area contributed by atoms with Crippen molar-refractivity contribution in [3.8, 4) is 6.07 Å². The number of rotatable bonds is 5. The van der Waals surface area contributed by atoms with Crippen LogP contribution in [0.2, 0.25) is 0 Å². The molecule has 2 aromatic carbocycles. The minimum atomic E-state index is -3.95. The average molecular weight is 354 g/mol. The molecule has 3 aromatic rings. The maximum atomic E-state index is 12.2. The van der Waals surface area contributed by atoms with Gasteiger partial charge in [-0.2, -0.15) is 5.26 Å². The number of H-pyrrole nitrogens is 1. The van der Waals surface area contributed by atoms with Crippen LogP contribution in [0.1, 0.15) is 11.1 Å². The van der Waals surface area contributed by atoms with Crippen LogP contribution in [0.3, 0.4) is 0 Å². The summed E-state index contributed by atoms with van der Waals surface area (Å²) < 4.78 is 24.4. The van der Waals surface area contributed by atoms with E-state index in [2.05, 4.69) is 10.4 Å². The fraction of sp³-hybridized carbons (Fsp3) is 0.0588. The van der Waals surface area contributed by atoms with Gasteiger partial charge in [0.25, 0.3) is 10.0 Å². The van der Waals surface area contributed by atoms with E-state index < -0.39 is 15.9 Å². The van der Waals surface area contributed by atoms with Crippen molar-refractivity contribution in [3.63, 3.8) is 0 Å². The molecule has 3 N–H and O–H groups in total. The van der Waals surface area contributed by atoms with E-state index >= 15 is 0 Å².